The first-order chi connectivity index (χ1) is 11.7. The molecule has 0 amide bonds. The van der Waals surface area contributed by atoms with E-state index in [0.717, 1.165) is 56.6 Å². The summed E-state index contributed by atoms with van der Waals surface area (Å²) in [5.41, 5.74) is 2.78. The van der Waals surface area contributed by atoms with Crippen LogP contribution in [-0.2, 0) is 5.41 Å². The van der Waals surface area contributed by atoms with Gasteiger partial charge in [0, 0.05) is 43.6 Å². The first kappa shape index (κ1) is 14.3. The Morgan fingerprint density at radius 3 is 2.58 bits per heavy atom. The van der Waals surface area contributed by atoms with Crippen molar-refractivity contribution < 1.29 is 0 Å². The van der Waals surface area contributed by atoms with Gasteiger partial charge in [0.05, 0.1) is 0 Å². The van der Waals surface area contributed by atoms with E-state index in [1.807, 2.05) is 0 Å². The summed E-state index contributed by atoms with van der Waals surface area (Å²) in [4.78, 5) is 19.4. The van der Waals surface area contributed by atoms with Crippen molar-refractivity contribution in [1.29, 1.82) is 0 Å². The van der Waals surface area contributed by atoms with Gasteiger partial charge in [-0.2, -0.15) is 9.97 Å². The van der Waals surface area contributed by atoms with Gasteiger partial charge in [0.1, 0.15) is 5.82 Å². The summed E-state index contributed by atoms with van der Waals surface area (Å²) in [7, 11) is 2.18. The van der Waals surface area contributed by atoms with Crippen molar-refractivity contribution in [2.45, 2.75) is 31.1 Å². The molecule has 1 aromatic heterocycles. The van der Waals surface area contributed by atoms with E-state index >= 15 is 0 Å². The maximum Gasteiger partial charge on any atom is 0.229 e. The predicted molar refractivity (Wildman–Crippen MR) is 94.9 cm³/mol. The Bertz CT molecular complexity index is 764. The normalized spacial score (nSPS) is 28.3. The highest BCUT2D eigenvalue weighted by atomic mass is 15.3. The van der Waals surface area contributed by atoms with Crippen LogP contribution in [0.2, 0.25) is 0 Å². The predicted octanol–water partition coefficient (Wildman–Crippen LogP) is 2.33. The van der Waals surface area contributed by atoms with Gasteiger partial charge in [0.15, 0.2) is 5.82 Å². The van der Waals surface area contributed by atoms with Gasteiger partial charge in [0.25, 0.3) is 0 Å². The number of rotatable bonds is 1. The largest absolute Gasteiger partial charge is 0.338 e. The molecule has 2 aliphatic carbocycles. The lowest BCUT2D eigenvalue weighted by atomic mass is 9.91. The van der Waals surface area contributed by atoms with Crippen molar-refractivity contribution in [2.75, 3.05) is 38.1 Å². The molecule has 0 unspecified atom stereocenters. The average molecular weight is 321 g/mol. The number of nitrogens with zero attached hydrogens (tertiary/aromatic N) is 5. The summed E-state index contributed by atoms with van der Waals surface area (Å²) in [5, 5.41) is 0. The van der Waals surface area contributed by atoms with Crippen LogP contribution in [0.15, 0.2) is 29.9 Å². The molecule has 4 bridgehead atoms. The zero-order valence-corrected chi connectivity index (χ0v) is 14.2. The molecular formula is C19H23N5. The molecular weight excluding hydrogens is 298 g/mol. The van der Waals surface area contributed by atoms with E-state index in [-0.39, 0.29) is 5.41 Å². The van der Waals surface area contributed by atoms with Gasteiger partial charge < -0.3 is 9.80 Å². The van der Waals surface area contributed by atoms with Crippen molar-refractivity contribution >= 4 is 11.5 Å². The molecule has 1 aromatic rings. The monoisotopic (exact) mass is 321 g/mol. The lowest BCUT2D eigenvalue weighted by Gasteiger charge is -2.33. The van der Waals surface area contributed by atoms with E-state index in [9.17, 15) is 0 Å². The van der Waals surface area contributed by atoms with E-state index in [4.69, 9.17) is 15.0 Å². The Morgan fingerprint density at radius 1 is 1.04 bits per heavy atom. The van der Waals surface area contributed by atoms with Gasteiger partial charge in [-0.15, -0.1) is 0 Å². The Balaban J connectivity index is 1.57. The van der Waals surface area contributed by atoms with E-state index in [1.165, 1.54) is 24.0 Å². The van der Waals surface area contributed by atoms with Crippen molar-refractivity contribution in [3.05, 3.63) is 41.5 Å². The maximum atomic E-state index is 4.93. The molecule has 0 atom stereocenters. The third kappa shape index (κ3) is 2.38. The maximum absolute atomic E-state index is 4.93. The number of anilines is 1. The second-order valence-electron chi connectivity index (χ2n) is 7.57. The zero-order valence-electron chi connectivity index (χ0n) is 14.2. The Morgan fingerprint density at radius 2 is 1.83 bits per heavy atom. The molecule has 4 heterocycles. The van der Waals surface area contributed by atoms with E-state index in [1.54, 1.807) is 0 Å². The molecule has 5 aliphatic rings. The zero-order chi connectivity index (χ0) is 16.1. The lowest BCUT2D eigenvalue weighted by Crippen LogP contribution is -2.45. The molecule has 1 saturated heterocycles. The van der Waals surface area contributed by atoms with Gasteiger partial charge in [-0.1, -0.05) is 24.3 Å². The van der Waals surface area contributed by atoms with Gasteiger partial charge in [-0.05, 0) is 31.9 Å². The molecule has 5 heteroatoms. The van der Waals surface area contributed by atoms with Crippen molar-refractivity contribution in [1.82, 2.24) is 19.9 Å². The molecule has 124 valence electrons. The van der Waals surface area contributed by atoms with Crippen LogP contribution in [0, 0.1) is 0 Å². The fourth-order valence-electron chi connectivity index (χ4n) is 3.71. The van der Waals surface area contributed by atoms with Crippen molar-refractivity contribution in [3.8, 4) is 0 Å². The fourth-order valence-corrected chi connectivity index (χ4v) is 3.71. The van der Waals surface area contributed by atoms with Gasteiger partial charge in [-0.3, -0.25) is 0 Å². The summed E-state index contributed by atoms with van der Waals surface area (Å²) < 4.78 is 0. The number of piperazine rings is 1. The second kappa shape index (κ2) is 5.24. The average Bonchev–Trinajstić information content (AvgIpc) is 3.34. The minimum Gasteiger partial charge on any atom is -0.338 e. The lowest BCUT2D eigenvalue weighted by molar-refractivity contribution is 0.310. The van der Waals surface area contributed by atoms with Crippen LogP contribution in [0.1, 0.15) is 37.3 Å². The SMILES string of the molecule is CN1CCN(c2nc3nc(n2)C2(C/C=C\C=C4/C=C3C4)CC2)CC1. The fraction of sp³-hybridized carbons (Fsp3) is 0.526. The van der Waals surface area contributed by atoms with Crippen molar-refractivity contribution in [2.24, 2.45) is 0 Å². The summed E-state index contributed by atoms with van der Waals surface area (Å²) in [5.74, 6) is 2.80. The molecule has 0 N–H and O–H groups in total. The van der Waals surface area contributed by atoms with Crippen LogP contribution < -0.4 is 4.90 Å². The Kier molecular flexibility index (Phi) is 3.13. The molecule has 5 nitrogen and oxygen atoms in total. The van der Waals surface area contributed by atoms with Crippen LogP contribution in [0.5, 0.6) is 0 Å². The van der Waals surface area contributed by atoms with E-state index in [0.29, 0.717) is 0 Å². The smallest absolute Gasteiger partial charge is 0.229 e. The molecule has 1 saturated carbocycles. The number of allylic oxidation sites excluding steroid dienone is 6. The molecule has 0 radical (unpaired) electrons. The number of aromatic nitrogens is 3. The van der Waals surface area contributed by atoms with E-state index in [2.05, 4.69) is 41.2 Å². The Hall–Kier alpha value is -2.01. The number of fused-ring (bicyclic) bond motifs is 2. The third-order valence-corrected chi connectivity index (χ3v) is 5.73. The quantitative estimate of drug-likeness (QED) is 0.794. The van der Waals surface area contributed by atoms with Crippen LogP contribution >= 0.6 is 0 Å². The van der Waals surface area contributed by atoms with Gasteiger partial charge in [0.2, 0.25) is 5.95 Å². The molecule has 1 spiro atoms. The van der Waals surface area contributed by atoms with E-state index < -0.39 is 0 Å². The molecule has 6 rings (SSSR count). The third-order valence-electron chi connectivity index (χ3n) is 5.73. The second-order valence-corrected chi connectivity index (χ2v) is 7.57. The highest BCUT2D eigenvalue weighted by molar-refractivity contribution is 5.74. The van der Waals surface area contributed by atoms with Crippen LogP contribution in [0.4, 0.5) is 5.95 Å². The summed E-state index contributed by atoms with van der Waals surface area (Å²) in [6, 6.07) is 0. The van der Waals surface area contributed by atoms with Crippen LogP contribution in [-0.4, -0.2) is 53.1 Å². The Labute approximate surface area is 142 Å². The standard InChI is InChI=1S/C19H23N5/c1-23-8-10-24(11-9-23)18-21-16-15-12-14(13-15)4-2-3-5-19(6-7-19)17(20-16)22-18/h2-4,12H,5-11,13H2,1H3/b3-2-,14-4+. The summed E-state index contributed by atoms with van der Waals surface area (Å²) in [6.45, 7) is 4.13. The minimum atomic E-state index is 0.156. The first-order valence-electron chi connectivity index (χ1n) is 8.99. The van der Waals surface area contributed by atoms with Gasteiger partial charge in [-0.25, -0.2) is 4.98 Å². The number of likely N-dealkylation sites (N-methyl/N-ethyl adjacent to an activating group) is 1. The summed E-state index contributed by atoms with van der Waals surface area (Å²) >= 11 is 0. The molecule has 0 aromatic carbocycles. The van der Waals surface area contributed by atoms with Crippen LogP contribution in [0.25, 0.3) is 5.57 Å². The van der Waals surface area contributed by atoms with Crippen molar-refractivity contribution in [3.63, 3.8) is 0 Å². The topological polar surface area (TPSA) is 45.2 Å². The number of hydrogen-bond acceptors (Lipinski definition) is 5. The minimum absolute atomic E-state index is 0.156. The molecule has 24 heavy (non-hydrogen) atoms. The highest BCUT2D eigenvalue weighted by Gasteiger charge is 2.47. The first-order valence-corrected chi connectivity index (χ1v) is 8.99. The highest BCUT2D eigenvalue weighted by Crippen LogP contribution is 2.50. The molecule has 2 fully saturated rings. The van der Waals surface area contributed by atoms with Crippen LogP contribution in [0.3, 0.4) is 0 Å². The van der Waals surface area contributed by atoms with Gasteiger partial charge >= 0.3 is 0 Å². The summed E-state index contributed by atoms with van der Waals surface area (Å²) in [6.07, 6.45) is 13.3. The number of hydrogen-bond donors (Lipinski definition) is 0. The molecule has 3 aliphatic heterocycles.